The molecule has 2 aromatic heterocycles. The largest absolute Gasteiger partial charge is 0.493 e. The zero-order valence-corrected chi connectivity index (χ0v) is 16.7. The first-order chi connectivity index (χ1) is 14.5. The average Bonchev–Trinajstić information content (AvgIpc) is 3.25. The summed E-state index contributed by atoms with van der Waals surface area (Å²) < 4.78 is 80.8. The van der Waals surface area contributed by atoms with Gasteiger partial charge in [0.25, 0.3) is 0 Å². The molecule has 3 N–H and O–H groups in total. The lowest BCUT2D eigenvalue weighted by molar-refractivity contribution is -0.275. The Hall–Kier alpha value is -2.95. The SMILES string of the molecule is COc1c([C@H]2[C@H](c3nc4c(N)nccc4[nH]3)O[C@@](C)(C(F)(F)F)[C@H]2C)ccc(F)c1F. The molecule has 0 aliphatic carbocycles. The van der Waals surface area contributed by atoms with Crippen LogP contribution in [-0.4, -0.2) is 33.8 Å². The zero-order chi connectivity index (χ0) is 22.7. The van der Waals surface area contributed by atoms with E-state index in [1.165, 1.54) is 19.2 Å². The van der Waals surface area contributed by atoms with Crippen LogP contribution < -0.4 is 10.5 Å². The minimum Gasteiger partial charge on any atom is -0.493 e. The highest BCUT2D eigenvalue weighted by atomic mass is 19.4. The molecule has 11 heteroatoms. The van der Waals surface area contributed by atoms with E-state index in [1.54, 1.807) is 6.07 Å². The van der Waals surface area contributed by atoms with Crippen molar-refractivity contribution in [2.24, 2.45) is 5.92 Å². The summed E-state index contributed by atoms with van der Waals surface area (Å²) in [7, 11) is 1.12. The molecule has 1 aliphatic heterocycles. The Morgan fingerprint density at radius 2 is 1.94 bits per heavy atom. The molecule has 3 heterocycles. The van der Waals surface area contributed by atoms with Gasteiger partial charge in [0.15, 0.2) is 23.0 Å². The van der Waals surface area contributed by atoms with Crippen LogP contribution in [0.15, 0.2) is 24.4 Å². The summed E-state index contributed by atoms with van der Waals surface area (Å²) in [5.74, 6) is -5.05. The molecule has 6 nitrogen and oxygen atoms in total. The van der Waals surface area contributed by atoms with Gasteiger partial charge in [0.1, 0.15) is 17.4 Å². The van der Waals surface area contributed by atoms with Crippen molar-refractivity contribution in [3.63, 3.8) is 0 Å². The average molecular weight is 442 g/mol. The van der Waals surface area contributed by atoms with E-state index >= 15 is 0 Å². The quantitative estimate of drug-likeness (QED) is 0.578. The van der Waals surface area contributed by atoms with Crippen LogP contribution >= 0.6 is 0 Å². The summed E-state index contributed by atoms with van der Waals surface area (Å²) in [6.07, 6.45) is -4.59. The van der Waals surface area contributed by atoms with Gasteiger partial charge < -0.3 is 20.2 Å². The molecule has 1 saturated heterocycles. The second-order valence-corrected chi connectivity index (χ2v) is 7.66. The normalized spacial score (nSPS) is 26.5. The number of nitrogens with one attached hydrogen (secondary N) is 1. The summed E-state index contributed by atoms with van der Waals surface area (Å²) in [4.78, 5) is 11.1. The number of aromatic amines is 1. The van der Waals surface area contributed by atoms with Crippen LogP contribution in [0.4, 0.5) is 27.8 Å². The van der Waals surface area contributed by atoms with Crippen molar-refractivity contribution in [2.45, 2.75) is 37.6 Å². The van der Waals surface area contributed by atoms with Gasteiger partial charge in [-0.05, 0) is 19.1 Å². The minimum atomic E-state index is -4.74. The second-order valence-electron chi connectivity index (χ2n) is 7.66. The van der Waals surface area contributed by atoms with Crippen LogP contribution in [0.2, 0.25) is 0 Å². The summed E-state index contributed by atoms with van der Waals surface area (Å²) in [5.41, 5.74) is 4.00. The number of hydrogen-bond acceptors (Lipinski definition) is 5. The predicted octanol–water partition coefficient (Wildman–Crippen LogP) is 4.64. The fourth-order valence-electron chi connectivity index (χ4n) is 4.16. The molecule has 1 aliphatic rings. The van der Waals surface area contributed by atoms with Crippen LogP contribution in [-0.2, 0) is 4.74 Å². The Balaban J connectivity index is 1.93. The number of benzene rings is 1. The van der Waals surface area contributed by atoms with E-state index in [2.05, 4.69) is 15.0 Å². The Morgan fingerprint density at radius 3 is 2.55 bits per heavy atom. The van der Waals surface area contributed by atoms with Crippen LogP contribution in [0.3, 0.4) is 0 Å². The highest BCUT2D eigenvalue weighted by Crippen LogP contribution is 2.59. The predicted molar refractivity (Wildman–Crippen MR) is 101 cm³/mol. The van der Waals surface area contributed by atoms with Crippen molar-refractivity contribution >= 4 is 16.9 Å². The topological polar surface area (TPSA) is 86.0 Å². The van der Waals surface area contributed by atoms with E-state index in [9.17, 15) is 22.0 Å². The Bertz CT molecular complexity index is 1150. The number of H-pyrrole nitrogens is 1. The van der Waals surface area contributed by atoms with E-state index in [4.69, 9.17) is 15.2 Å². The number of aromatic nitrogens is 3. The fourth-order valence-corrected chi connectivity index (χ4v) is 4.16. The molecular weight excluding hydrogens is 423 g/mol. The van der Waals surface area contributed by atoms with Gasteiger partial charge in [0, 0.05) is 23.6 Å². The standard InChI is InChI=1S/C20H19F5N4O2/c1-8-12(9-4-5-10(21)13(22)15(9)30-3)16(31-19(8,2)20(23,24)25)18-28-11-6-7-27-17(26)14(11)29-18/h4-8,12,16H,1-3H3,(H2,26,27)(H,28,29)/t8-,12-,16+,19+/m0/s1. The van der Waals surface area contributed by atoms with Crippen LogP contribution in [0, 0.1) is 17.6 Å². The number of imidazole rings is 1. The van der Waals surface area contributed by atoms with Gasteiger partial charge in [-0.3, -0.25) is 0 Å². The third kappa shape index (κ3) is 3.10. The highest BCUT2D eigenvalue weighted by molar-refractivity contribution is 5.84. The number of anilines is 1. The summed E-state index contributed by atoms with van der Waals surface area (Å²) in [6, 6.07) is 3.62. The van der Waals surface area contributed by atoms with Crippen molar-refractivity contribution in [3.8, 4) is 5.75 Å². The second kappa shape index (κ2) is 7.04. The lowest BCUT2D eigenvalue weighted by Crippen LogP contribution is -2.46. The number of halogens is 5. The number of rotatable bonds is 3. The first-order valence-electron chi connectivity index (χ1n) is 9.36. The van der Waals surface area contributed by atoms with Gasteiger partial charge in [-0.25, -0.2) is 14.4 Å². The maximum Gasteiger partial charge on any atom is 0.417 e. The zero-order valence-electron chi connectivity index (χ0n) is 16.7. The molecule has 3 aromatic rings. The molecule has 0 spiro atoms. The van der Waals surface area contributed by atoms with Crippen molar-refractivity contribution in [2.75, 3.05) is 12.8 Å². The molecule has 0 radical (unpaired) electrons. The monoisotopic (exact) mass is 442 g/mol. The number of pyridine rings is 1. The van der Waals surface area contributed by atoms with E-state index in [0.717, 1.165) is 20.1 Å². The highest BCUT2D eigenvalue weighted by Gasteiger charge is 2.65. The molecule has 0 unspecified atom stereocenters. The summed E-state index contributed by atoms with van der Waals surface area (Å²) in [6.45, 7) is 2.27. The van der Waals surface area contributed by atoms with Crippen molar-refractivity contribution < 1.29 is 31.4 Å². The van der Waals surface area contributed by atoms with E-state index in [-0.39, 0.29) is 22.7 Å². The number of nitrogens with two attached hydrogens (primary N) is 1. The lowest BCUT2D eigenvalue weighted by Gasteiger charge is -2.32. The molecule has 166 valence electrons. The molecule has 1 aromatic carbocycles. The van der Waals surface area contributed by atoms with Crippen LogP contribution in [0.5, 0.6) is 5.75 Å². The Kier molecular flexibility index (Phi) is 4.84. The molecule has 4 atom stereocenters. The molecule has 0 bridgehead atoms. The lowest BCUT2D eigenvalue weighted by atomic mass is 9.77. The molecule has 1 fully saturated rings. The third-order valence-corrected chi connectivity index (χ3v) is 6.03. The van der Waals surface area contributed by atoms with Crippen LogP contribution in [0.25, 0.3) is 11.0 Å². The van der Waals surface area contributed by atoms with Gasteiger partial charge in [-0.1, -0.05) is 13.0 Å². The molecule has 4 rings (SSSR count). The van der Waals surface area contributed by atoms with E-state index < -0.39 is 47.1 Å². The smallest absolute Gasteiger partial charge is 0.417 e. The van der Waals surface area contributed by atoms with Crippen LogP contribution in [0.1, 0.15) is 37.3 Å². The molecule has 0 amide bonds. The van der Waals surface area contributed by atoms with Crippen molar-refractivity contribution in [1.82, 2.24) is 15.0 Å². The number of ether oxygens (including phenoxy) is 2. The van der Waals surface area contributed by atoms with E-state index in [1.807, 2.05) is 0 Å². The first kappa shape index (κ1) is 21.3. The van der Waals surface area contributed by atoms with Gasteiger partial charge >= 0.3 is 6.18 Å². The number of hydrogen-bond donors (Lipinski definition) is 2. The van der Waals surface area contributed by atoms with Crippen molar-refractivity contribution in [3.05, 3.63) is 47.4 Å². The molecular formula is C20H19F5N4O2. The summed E-state index contributed by atoms with van der Waals surface area (Å²) in [5, 5.41) is 0. The molecule has 31 heavy (non-hydrogen) atoms. The first-order valence-corrected chi connectivity index (χ1v) is 9.36. The van der Waals surface area contributed by atoms with E-state index in [0.29, 0.717) is 5.52 Å². The Morgan fingerprint density at radius 1 is 1.23 bits per heavy atom. The number of nitrogen functional groups attached to an aromatic ring is 1. The number of nitrogens with zero attached hydrogens (tertiary/aromatic N) is 2. The summed E-state index contributed by atoms with van der Waals surface area (Å²) >= 11 is 0. The number of methoxy groups -OCH3 is 1. The van der Waals surface area contributed by atoms with Gasteiger partial charge in [-0.2, -0.15) is 17.6 Å². The Labute approximate surface area is 173 Å². The maximum absolute atomic E-state index is 14.4. The number of alkyl halides is 3. The van der Waals surface area contributed by atoms with Gasteiger partial charge in [0.2, 0.25) is 5.82 Å². The number of fused-ring (bicyclic) bond motifs is 1. The fraction of sp³-hybridized carbons (Fsp3) is 0.400. The van der Waals surface area contributed by atoms with Gasteiger partial charge in [-0.15, -0.1) is 0 Å². The van der Waals surface area contributed by atoms with Crippen molar-refractivity contribution in [1.29, 1.82) is 0 Å². The third-order valence-electron chi connectivity index (χ3n) is 6.03. The maximum atomic E-state index is 14.4. The minimum absolute atomic E-state index is 0.0402. The molecule has 0 saturated carbocycles. The van der Waals surface area contributed by atoms with Gasteiger partial charge in [0.05, 0.1) is 12.6 Å².